The molecule has 0 unspecified atom stereocenters. The van der Waals surface area contributed by atoms with Gasteiger partial charge in [-0.25, -0.2) is 4.68 Å². The summed E-state index contributed by atoms with van der Waals surface area (Å²) in [6.45, 7) is 0. The first-order chi connectivity index (χ1) is 12.7. The van der Waals surface area contributed by atoms with Crippen molar-refractivity contribution < 1.29 is 14.3 Å². The summed E-state index contributed by atoms with van der Waals surface area (Å²) in [7, 11) is 3.21. The molecule has 0 radical (unpaired) electrons. The lowest BCUT2D eigenvalue weighted by Gasteiger charge is -2.24. The Kier molecular flexibility index (Phi) is 4.08. The molecule has 132 valence electrons. The fourth-order valence-electron chi connectivity index (χ4n) is 3.35. The predicted octanol–water partition coefficient (Wildman–Crippen LogP) is 3.36. The molecule has 0 spiro atoms. The van der Waals surface area contributed by atoms with Gasteiger partial charge in [0, 0.05) is 17.9 Å². The Morgan fingerprint density at radius 2 is 1.85 bits per heavy atom. The second kappa shape index (κ2) is 6.55. The minimum Gasteiger partial charge on any atom is -0.493 e. The average Bonchev–Trinajstić information content (AvgIpc) is 3.11. The number of carbonyl (C=O) groups excluding carboxylic acids is 1. The molecule has 6 nitrogen and oxygen atoms in total. The summed E-state index contributed by atoms with van der Waals surface area (Å²) < 4.78 is 12.5. The number of para-hydroxylation sites is 1. The molecule has 0 bridgehead atoms. The number of fused-ring (bicyclic) bond motifs is 1. The van der Waals surface area contributed by atoms with Crippen LogP contribution in [0, 0.1) is 0 Å². The lowest BCUT2D eigenvalue weighted by atomic mass is 9.87. The molecule has 1 N–H and O–H groups in total. The van der Waals surface area contributed by atoms with Crippen LogP contribution in [-0.2, 0) is 4.79 Å². The number of hydrogen-bond donors (Lipinski definition) is 1. The number of amides is 1. The molecule has 4 rings (SSSR count). The van der Waals surface area contributed by atoms with Gasteiger partial charge in [0.25, 0.3) is 0 Å². The molecule has 3 aromatic rings. The van der Waals surface area contributed by atoms with Crippen molar-refractivity contribution in [2.75, 3.05) is 19.5 Å². The summed E-state index contributed by atoms with van der Waals surface area (Å²) in [5.41, 5.74) is 2.88. The van der Waals surface area contributed by atoms with E-state index in [0.717, 1.165) is 16.8 Å². The Bertz CT molecular complexity index is 950. The molecule has 1 aliphatic heterocycles. The molecule has 2 aromatic carbocycles. The Morgan fingerprint density at radius 1 is 1.08 bits per heavy atom. The van der Waals surface area contributed by atoms with Gasteiger partial charge < -0.3 is 14.8 Å². The maximum Gasteiger partial charge on any atom is 0.226 e. The van der Waals surface area contributed by atoms with Crippen LogP contribution in [0.5, 0.6) is 11.5 Å². The first-order valence-electron chi connectivity index (χ1n) is 8.36. The van der Waals surface area contributed by atoms with E-state index >= 15 is 0 Å². The third kappa shape index (κ3) is 2.69. The fraction of sp³-hybridized carbons (Fsp3) is 0.200. The quantitative estimate of drug-likeness (QED) is 0.784. The zero-order valence-corrected chi connectivity index (χ0v) is 14.6. The number of nitrogens with one attached hydrogen (secondary N) is 1. The van der Waals surface area contributed by atoms with Gasteiger partial charge in [0.15, 0.2) is 11.5 Å². The summed E-state index contributed by atoms with van der Waals surface area (Å²) in [6.07, 6.45) is 2.19. The number of rotatable bonds is 4. The molecule has 0 saturated heterocycles. The highest BCUT2D eigenvalue weighted by Crippen LogP contribution is 2.40. The molecule has 1 atom stereocenters. The lowest BCUT2D eigenvalue weighted by molar-refractivity contribution is -0.116. The summed E-state index contributed by atoms with van der Waals surface area (Å²) >= 11 is 0. The molecular formula is C20H19N3O3. The topological polar surface area (TPSA) is 65.4 Å². The van der Waals surface area contributed by atoms with Crippen molar-refractivity contribution in [3.05, 3.63) is 65.9 Å². The van der Waals surface area contributed by atoms with Gasteiger partial charge in [0.1, 0.15) is 5.82 Å². The maximum atomic E-state index is 12.4. The number of nitrogens with zero attached hydrogens (tertiary/aromatic N) is 2. The van der Waals surface area contributed by atoms with Crippen LogP contribution in [-0.4, -0.2) is 29.9 Å². The fourth-order valence-corrected chi connectivity index (χ4v) is 3.35. The van der Waals surface area contributed by atoms with Crippen molar-refractivity contribution >= 4 is 11.7 Å². The van der Waals surface area contributed by atoms with E-state index in [1.807, 2.05) is 54.7 Å². The third-order valence-corrected chi connectivity index (χ3v) is 4.63. The van der Waals surface area contributed by atoms with Crippen LogP contribution in [0.4, 0.5) is 5.82 Å². The number of ether oxygens (including phenoxy) is 2. The van der Waals surface area contributed by atoms with E-state index in [0.29, 0.717) is 23.7 Å². The summed E-state index contributed by atoms with van der Waals surface area (Å²) in [5, 5.41) is 7.46. The van der Waals surface area contributed by atoms with Crippen molar-refractivity contribution in [1.82, 2.24) is 9.78 Å². The molecule has 1 aliphatic rings. The van der Waals surface area contributed by atoms with E-state index in [-0.39, 0.29) is 11.8 Å². The van der Waals surface area contributed by atoms with Gasteiger partial charge in [-0.05, 0) is 29.8 Å². The molecule has 1 amide bonds. The van der Waals surface area contributed by atoms with Crippen LogP contribution >= 0.6 is 0 Å². The minimum atomic E-state index is -0.0870. The first-order valence-corrected chi connectivity index (χ1v) is 8.36. The van der Waals surface area contributed by atoms with Crippen molar-refractivity contribution in [2.45, 2.75) is 12.3 Å². The van der Waals surface area contributed by atoms with Gasteiger partial charge in [-0.2, -0.15) is 5.10 Å². The number of anilines is 1. The van der Waals surface area contributed by atoms with E-state index in [4.69, 9.17) is 9.47 Å². The Hall–Kier alpha value is -3.28. The van der Waals surface area contributed by atoms with Crippen molar-refractivity contribution in [2.24, 2.45) is 0 Å². The summed E-state index contributed by atoms with van der Waals surface area (Å²) in [5.74, 6) is 1.91. The zero-order chi connectivity index (χ0) is 18.1. The molecular weight excluding hydrogens is 330 g/mol. The Morgan fingerprint density at radius 3 is 2.58 bits per heavy atom. The molecule has 0 aliphatic carbocycles. The normalized spacial score (nSPS) is 15.9. The zero-order valence-electron chi connectivity index (χ0n) is 14.6. The second-order valence-corrected chi connectivity index (χ2v) is 6.12. The van der Waals surface area contributed by atoms with Crippen LogP contribution in [0.1, 0.15) is 23.5 Å². The van der Waals surface area contributed by atoms with E-state index < -0.39 is 0 Å². The van der Waals surface area contributed by atoms with Gasteiger partial charge in [0.05, 0.1) is 26.1 Å². The maximum absolute atomic E-state index is 12.4. The van der Waals surface area contributed by atoms with Crippen LogP contribution < -0.4 is 14.8 Å². The average molecular weight is 349 g/mol. The number of aromatic nitrogens is 2. The predicted molar refractivity (Wildman–Crippen MR) is 98.2 cm³/mol. The lowest BCUT2D eigenvalue weighted by Crippen LogP contribution is -2.24. The van der Waals surface area contributed by atoms with Crippen LogP contribution in [0.15, 0.2) is 54.7 Å². The first kappa shape index (κ1) is 16.2. The third-order valence-electron chi connectivity index (χ3n) is 4.63. The highest BCUT2D eigenvalue weighted by Gasteiger charge is 2.30. The Labute approximate surface area is 151 Å². The van der Waals surface area contributed by atoms with Crippen molar-refractivity contribution in [3.63, 3.8) is 0 Å². The molecule has 2 heterocycles. The van der Waals surface area contributed by atoms with E-state index in [1.165, 1.54) is 0 Å². The highest BCUT2D eigenvalue weighted by molar-refractivity contribution is 5.94. The number of benzene rings is 2. The molecule has 0 saturated carbocycles. The van der Waals surface area contributed by atoms with Gasteiger partial charge in [-0.3, -0.25) is 4.79 Å². The molecule has 1 aromatic heterocycles. The largest absolute Gasteiger partial charge is 0.493 e. The number of hydrogen-bond acceptors (Lipinski definition) is 4. The summed E-state index contributed by atoms with van der Waals surface area (Å²) in [4.78, 5) is 12.4. The monoisotopic (exact) mass is 349 g/mol. The van der Waals surface area contributed by atoms with Gasteiger partial charge in [-0.15, -0.1) is 0 Å². The van der Waals surface area contributed by atoms with Crippen molar-refractivity contribution in [3.8, 4) is 17.2 Å². The highest BCUT2D eigenvalue weighted by atomic mass is 16.5. The van der Waals surface area contributed by atoms with E-state index in [1.54, 1.807) is 18.9 Å². The smallest absolute Gasteiger partial charge is 0.226 e. The Balaban J connectivity index is 1.79. The van der Waals surface area contributed by atoms with Gasteiger partial charge in [0.2, 0.25) is 5.91 Å². The molecule has 0 fully saturated rings. The van der Waals surface area contributed by atoms with E-state index in [2.05, 4.69) is 10.4 Å². The number of methoxy groups -OCH3 is 2. The SMILES string of the molecule is COc1ccc([C@@H]2CC(=O)Nc3c2cnn3-c2ccccc2)cc1OC. The second-order valence-electron chi connectivity index (χ2n) is 6.12. The van der Waals surface area contributed by atoms with Crippen LogP contribution in [0.3, 0.4) is 0 Å². The molecule has 6 heteroatoms. The minimum absolute atomic E-state index is 0.0324. The van der Waals surface area contributed by atoms with Gasteiger partial charge >= 0.3 is 0 Å². The summed E-state index contributed by atoms with van der Waals surface area (Å²) in [6, 6.07) is 15.5. The standard InChI is InChI=1S/C20H19N3O3/c1-25-17-9-8-13(10-18(17)26-2)15-11-19(24)22-20-16(15)12-21-23(20)14-6-4-3-5-7-14/h3-10,12,15H,11H2,1-2H3,(H,22,24)/t15-/m0/s1. The van der Waals surface area contributed by atoms with Crippen LogP contribution in [0.25, 0.3) is 5.69 Å². The number of carbonyl (C=O) groups is 1. The molecule has 26 heavy (non-hydrogen) atoms. The van der Waals surface area contributed by atoms with Crippen molar-refractivity contribution in [1.29, 1.82) is 0 Å². The van der Waals surface area contributed by atoms with Crippen LogP contribution in [0.2, 0.25) is 0 Å². The van der Waals surface area contributed by atoms with Gasteiger partial charge in [-0.1, -0.05) is 24.3 Å². The van der Waals surface area contributed by atoms with E-state index in [9.17, 15) is 4.79 Å².